The summed E-state index contributed by atoms with van der Waals surface area (Å²) in [6, 6.07) is 11.1. The van der Waals surface area contributed by atoms with Gasteiger partial charge in [-0.3, -0.25) is 4.79 Å². The molecule has 3 rings (SSSR count). The number of aryl methyl sites for hydroxylation is 1. The van der Waals surface area contributed by atoms with Gasteiger partial charge in [-0.15, -0.1) is 0 Å². The summed E-state index contributed by atoms with van der Waals surface area (Å²) >= 11 is 0. The number of carbonyl (C=O) groups excluding carboxylic acids is 1. The summed E-state index contributed by atoms with van der Waals surface area (Å²) in [4.78, 5) is 11.2. The van der Waals surface area contributed by atoms with Gasteiger partial charge < -0.3 is 4.74 Å². The number of hydrogen-bond donors (Lipinski definition) is 0. The molecule has 0 bridgehead atoms. The molecule has 1 fully saturated rings. The van der Waals surface area contributed by atoms with E-state index in [9.17, 15) is 18.0 Å². The molecule has 0 radical (unpaired) electrons. The van der Waals surface area contributed by atoms with E-state index in [-0.39, 0.29) is 0 Å². The summed E-state index contributed by atoms with van der Waals surface area (Å²) in [6.07, 6.45) is 1.41. The van der Waals surface area contributed by atoms with E-state index in [0.717, 1.165) is 17.7 Å². The molecule has 1 aliphatic carbocycles. The fraction of sp³-hybridized carbons (Fsp3) is 0.381. The minimum absolute atomic E-state index is 0.394. The molecule has 1 aliphatic rings. The average molecular weight is 362 g/mol. The quantitative estimate of drug-likeness (QED) is 0.574. The van der Waals surface area contributed by atoms with Crippen LogP contribution >= 0.6 is 0 Å². The van der Waals surface area contributed by atoms with Gasteiger partial charge in [-0.2, -0.15) is 13.2 Å². The normalized spacial score (nSPS) is 15.7. The molecule has 26 heavy (non-hydrogen) atoms. The minimum Gasteiger partial charge on any atom is -0.457 e. The van der Waals surface area contributed by atoms with Crippen LogP contribution < -0.4 is 4.74 Å². The lowest BCUT2D eigenvalue weighted by molar-refractivity contribution is -0.0885. The van der Waals surface area contributed by atoms with Crippen LogP contribution in [0.5, 0.6) is 11.5 Å². The topological polar surface area (TPSA) is 26.3 Å². The first-order valence-corrected chi connectivity index (χ1v) is 8.84. The van der Waals surface area contributed by atoms with E-state index >= 15 is 0 Å². The Hall–Kier alpha value is -2.30. The van der Waals surface area contributed by atoms with Crippen LogP contribution in [0.4, 0.5) is 13.2 Å². The van der Waals surface area contributed by atoms with Gasteiger partial charge in [0.25, 0.3) is 5.78 Å². The zero-order valence-electron chi connectivity index (χ0n) is 14.6. The number of halogens is 3. The average Bonchev–Trinajstić information content (AvgIpc) is 2.63. The zero-order chi connectivity index (χ0) is 18.7. The van der Waals surface area contributed by atoms with Crippen molar-refractivity contribution in [2.24, 2.45) is 0 Å². The number of Topliss-reactive ketones (excluding diaryl/α,β-unsaturated/α-hetero) is 1. The summed E-state index contributed by atoms with van der Waals surface area (Å²) in [7, 11) is 0. The van der Waals surface area contributed by atoms with E-state index in [1.165, 1.54) is 49.8 Å². The summed E-state index contributed by atoms with van der Waals surface area (Å²) in [5, 5.41) is 0. The van der Waals surface area contributed by atoms with Crippen molar-refractivity contribution in [3.63, 3.8) is 0 Å². The third kappa shape index (κ3) is 4.26. The Morgan fingerprint density at radius 2 is 1.65 bits per heavy atom. The summed E-state index contributed by atoms with van der Waals surface area (Å²) < 4.78 is 43.1. The second-order valence-corrected chi connectivity index (χ2v) is 6.81. The fourth-order valence-corrected chi connectivity index (χ4v) is 3.44. The molecule has 0 atom stereocenters. The molecule has 0 aromatic heterocycles. The van der Waals surface area contributed by atoms with Crippen molar-refractivity contribution in [2.75, 3.05) is 0 Å². The van der Waals surface area contributed by atoms with Crippen LogP contribution in [0.3, 0.4) is 0 Å². The molecule has 0 heterocycles. The maximum Gasteiger partial charge on any atom is 0.454 e. The largest absolute Gasteiger partial charge is 0.457 e. The Bertz CT molecular complexity index is 773. The van der Waals surface area contributed by atoms with Gasteiger partial charge in [-0.25, -0.2) is 0 Å². The lowest BCUT2D eigenvalue weighted by atomic mass is 9.83. The Labute approximate surface area is 151 Å². The standard InChI is InChI=1S/C21H21F3O2/c1-14-13-17(15-5-3-2-4-6-15)9-12-19(14)26-18-10-7-16(8-11-18)20(25)21(22,23)24/h7-13,15H,2-6H2,1H3. The van der Waals surface area contributed by atoms with Crippen LogP contribution in [0.2, 0.25) is 0 Å². The van der Waals surface area contributed by atoms with Crippen LogP contribution in [-0.2, 0) is 0 Å². The van der Waals surface area contributed by atoms with Gasteiger partial charge in [0.1, 0.15) is 11.5 Å². The van der Waals surface area contributed by atoms with Gasteiger partial charge >= 0.3 is 6.18 Å². The van der Waals surface area contributed by atoms with Crippen molar-refractivity contribution in [2.45, 2.75) is 51.1 Å². The molecule has 0 saturated heterocycles. The number of ketones is 1. The van der Waals surface area contributed by atoms with Crippen molar-refractivity contribution in [3.05, 3.63) is 59.2 Å². The second kappa shape index (κ2) is 7.52. The SMILES string of the molecule is Cc1cc(C2CCCCC2)ccc1Oc1ccc(C(=O)C(F)(F)F)cc1. The molecule has 0 spiro atoms. The van der Waals surface area contributed by atoms with E-state index in [2.05, 4.69) is 12.1 Å². The van der Waals surface area contributed by atoms with E-state index in [4.69, 9.17) is 4.74 Å². The second-order valence-electron chi connectivity index (χ2n) is 6.81. The Morgan fingerprint density at radius 1 is 1.00 bits per heavy atom. The molecule has 0 unspecified atom stereocenters. The van der Waals surface area contributed by atoms with Gasteiger partial charge in [0.05, 0.1) is 0 Å². The smallest absolute Gasteiger partial charge is 0.454 e. The van der Waals surface area contributed by atoms with E-state index in [1.54, 1.807) is 0 Å². The first-order chi connectivity index (χ1) is 12.3. The summed E-state index contributed by atoms with van der Waals surface area (Å²) in [6.45, 7) is 1.96. The summed E-state index contributed by atoms with van der Waals surface area (Å²) in [5.74, 6) is -0.182. The number of carbonyl (C=O) groups is 1. The highest BCUT2D eigenvalue weighted by Crippen LogP contribution is 2.35. The number of hydrogen-bond acceptors (Lipinski definition) is 2. The molecule has 0 N–H and O–H groups in total. The minimum atomic E-state index is -4.87. The maximum atomic E-state index is 12.4. The van der Waals surface area contributed by atoms with Crippen LogP contribution in [0.15, 0.2) is 42.5 Å². The van der Waals surface area contributed by atoms with Crippen LogP contribution in [0.1, 0.15) is 59.5 Å². The van der Waals surface area contributed by atoms with Gasteiger partial charge in [-0.05, 0) is 67.1 Å². The van der Waals surface area contributed by atoms with E-state index in [0.29, 0.717) is 17.4 Å². The van der Waals surface area contributed by atoms with Gasteiger partial charge in [0, 0.05) is 5.56 Å². The molecule has 2 nitrogen and oxygen atoms in total. The third-order valence-corrected chi connectivity index (χ3v) is 4.88. The van der Waals surface area contributed by atoms with Crippen molar-refractivity contribution >= 4 is 5.78 Å². The van der Waals surface area contributed by atoms with Crippen molar-refractivity contribution in [1.82, 2.24) is 0 Å². The molecular formula is C21H21F3O2. The maximum absolute atomic E-state index is 12.4. The monoisotopic (exact) mass is 362 g/mol. The number of rotatable bonds is 4. The Balaban J connectivity index is 1.71. The predicted octanol–water partition coefficient (Wildman–Crippen LogP) is 6.58. The zero-order valence-corrected chi connectivity index (χ0v) is 14.6. The lowest BCUT2D eigenvalue weighted by Crippen LogP contribution is -2.22. The highest BCUT2D eigenvalue weighted by molar-refractivity contribution is 6.00. The number of ether oxygens (including phenoxy) is 1. The Morgan fingerprint density at radius 3 is 2.23 bits per heavy atom. The third-order valence-electron chi connectivity index (χ3n) is 4.88. The Kier molecular flexibility index (Phi) is 5.35. The predicted molar refractivity (Wildman–Crippen MR) is 93.9 cm³/mol. The van der Waals surface area contributed by atoms with Crippen LogP contribution in [0.25, 0.3) is 0 Å². The number of alkyl halides is 3. The van der Waals surface area contributed by atoms with Gasteiger partial charge in [0.15, 0.2) is 0 Å². The van der Waals surface area contributed by atoms with E-state index < -0.39 is 17.5 Å². The fourth-order valence-electron chi connectivity index (χ4n) is 3.44. The highest BCUT2D eigenvalue weighted by Gasteiger charge is 2.39. The van der Waals surface area contributed by atoms with Crippen molar-refractivity contribution < 1.29 is 22.7 Å². The molecule has 138 valence electrons. The van der Waals surface area contributed by atoms with Gasteiger partial charge in [-0.1, -0.05) is 31.4 Å². The molecular weight excluding hydrogens is 341 g/mol. The van der Waals surface area contributed by atoms with Gasteiger partial charge in [0.2, 0.25) is 0 Å². The molecule has 2 aromatic rings. The molecule has 0 amide bonds. The number of benzene rings is 2. The molecule has 1 saturated carbocycles. The molecule has 5 heteroatoms. The van der Waals surface area contributed by atoms with Crippen LogP contribution in [0, 0.1) is 6.92 Å². The molecule has 2 aromatic carbocycles. The van der Waals surface area contributed by atoms with Crippen molar-refractivity contribution in [1.29, 1.82) is 0 Å². The van der Waals surface area contributed by atoms with E-state index in [1.807, 2.05) is 13.0 Å². The summed E-state index contributed by atoms with van der Waals surface area (Å²) in [5.41, 5.74) is 1.92. The van der Waals surface area contributed by atoms with Crippen molar-refractivity contribution in [3.8, 4) is 11.5 Å². The van der Waals surface area contributed by atoms with Crippen LogP contribution in [-0.4, -0.2) is 12.0 Å². The molecule has 0 aliphatic heterocycles. The first-order valence-electron chi connectivity index (χ1n) is 8.84. The lowest BCUT2D eigenvalue weighted by Gasteiger charge is -2.22. The highest BCUT2D eigenvalue weighted by atomic mass is 19.4. The first kappa shape index (κ1) is 18.5.